The van der Waals surface area contributed by atoms with Crippen molar-refractivity contribution < 1.29 is 30.7 Å². The van der Waals surface area contributed by atoms with Crippen LogP contribution in [0.5, 0.6) is 0 Å². The van der Waals surface area contributed by atoms with E-state index < -0.39 is 27.9 Å². The lowest BCUT2D eigenvalue weighted by Crippen LogP contribution is -2.55. The molecule has 0 amide bonds. The average Bonchev–Trinajstić information content (AvgIpc) is 2.20. The Bertz CT molecular complexity index is 279. The topological polar surface area (TPSA) is 0 Å². The number of hydrogen-bond donors (Lipinski definition) is 0. The third-order valence-electron chi connectivity index (χ3n) is 3.06. The summed E-state index contributed by atoms with van der Waals surface area (Å²) in [6, 6.07) is 0. The minimum absolute atomic E-state index is 0.116. The van der Waals surface area contributed by atoms with Crippen LogP contribution in [0.15, 0.2) is 0 Å². The molecule has 122 valence electrons. The molecule has 0 rings (SSSR count). The molecule has 1 atom stereocenters. The normalized spacial score (nSPS) is 17.1. The molecular weight excluding hydrogens is 404 g/mol. The van der Waals surface area contributed by atoms with Gasteiger partial charge >= 0.3 is 12.4 Å². The monoisotopic (exact) mass is 422 g/mol. The van der Waals surface area contributed by atoms with Gasteiger partial charge in [-0.25, -0.2) is 4.39 Å². The molecule has 0 heterocycles. The van der Waals surface area contributed by atoms with Gasteiger partial charge in [0.15, 0.2) is 0 Å². The molecule has 0 spiro atoms. The van der Waals surface area contributed by atoms with E-state index in [4.69, 9.17) is 0 Å². The maximum atomic E-state index is 13.6. The molecule has 0 bridgehead atoms. The molecular formula is C12H18F7I. The Hall–Kier alpha value is 0.240. The molecule has 0 aromatic carbocycles. The van der Waals surface area contributed by atoms with Crippen molar-refractivity contribution in [3.05, 3.63) is 0 Å². The van der Waals surface area contributed by atoms with E-state index in [2.05, 4.69) is 0 Å². The first-order valence-electron chi connectivity index (χ1n) is 6.28. The van der Waals surface area contributed by atoms with Crippen LogP contribution in [0.1, 0.15) is 52.4 Å². The van der Waals surface area contributed by atoms with Crippen molar-refractivity contribution in [1.29, 1.82) is 0 Å². The van der Waals surface area contributed by atoms with Gasteiger partial charge in [-0.1, -0.05) is 62.1 Å². The van der Waals surface area contributed by atoms with Gasteiger partial charge in [-0.15, -0.1) is 0 Å². The zero-order valence-electron chi connectivity index (χ0n) is 11.3. The third-order valence-corrected chi connectivity index (χ3v) is 3.98. The highest BCUT2D eigenvalue weighted by atomic mass is 127. The van der Waals surface area contributed by atoms with E-state index in [1.807, 2.05) is 6.92 Å². The predicted octanol–water partition coefficient (Wildman–Crippen LogP) is 6.37. The summed E-state index contributed by atoms with van der Waals surface area (Å²) in [5.74, 6) is 0. The molecule has 0 nitrogen and oxygen atoms in total. The molecule has 0 radical (unpaired) electrons. The Morgan fingerprint density at radius 2 is 1.25 bits per heavy atom. The number of rotatable bonds is 7. The van der Waals surface area contributed by atoms with Crippen LogP contribution >= 0.6 is 22.6 Å². The number of unbranched alkanes of at least 4 members (excludes halogenated alkanes) is 3. The maximum Gasteiger partial charge on any atom is 0.431 e. The Labute approximate surface area is 127 Å². The number of halogens is 8. The van der Waals surface area contributed by atoms with Crippen LogP contribution in [0.2, 0.25) is 0 Å². The number of alkyl halides is 8. The summed E-state index contributed by atoms with van der Waals surface area (Å²) in [4.78, 5) is 0. The second-order valence-corrected chi connectivity index (χ2v) is 7.80. The van der Waals surface area contributed by atoms with Gasteiger partial charge in [-0.2, -0.15) is 26.3 Å². The summed E-state index contributed by atoms with van der Waals surface area (Å²) in [6.45, 7) is 3.16. The number of hydrogen-bond acceptors (Lipinski definition) is 0. The lowest BCUT2D eigenvalue weighted by molar-refractivity contribution is -0.344. The van der Waals surface area contributed by atoms with Gasteiger partial charge in [0, 0.05) is 9.84 Å². The molecule has 0 aliphatic rings. The van der Waals surface area contributed by atoms with Crippen LogP contribution in [0.3, 0.4) is 0 Å². The molecule has 0 aromatic rings. The van der Waals surface area contributed by atoms with Crippen molar-refractivity contribution in [2.24, 2.45) is 0 Å². The van der Waals surface area contributed by atoms with Gasteiger partial charge in [0.05, 0.1) is 0 Å². The third kappa shape index (κ3) is 5.55. The van der Waals surface area contributed by atoms with Crippen molar-refractivity contribution in [3.63, 3.8) is 0 Å². The molecule has 20 heavy (non-hydrogen) atoms. The Morgan fingerprint density at radius 3 is 1.60 bits per heavy atom. The van der Waals surface area contributed by atoms with E-state index in [0.717, 1.165) is 12.8 Å². The minimum atomic E-state index is -5.96. The van der Waals surface area contributed by atoms with Gasteiger partial charge in [0.1, 0.15) is 0 Å². The highest BCUT2D eigenvalue weighted by molar-refractivity contribution is 14.1. The first kappa shape index (κ1) is 20.2. The van der Waals surface area contributed by atoms with Gasteiger partial charge in [0.2, 0.25) is 0 Å². The molecule has 0 saturated heterocycles. The highest BCUT2D eigenvalue weighted by Crippen LogP contribution is 2.52. The largest absolute Gasteiger partial charge is 0.431 e. The van der Waals surface area contributed by atoms with Gasteiger partial charge < -0.3 is 0 Å². The molecule has 0 N–H and O–H groups in total. The van der Waals surface area contributed by atoms with E-state index in [-0.39, 0.29) is 6.42 Å². The quantitative estimate of drug-likeness (QED) is 0.194. The lowest BCUT2D eigenvalue weighted by atomic mass is 9.88. The van der Waals surface area contributed by atoms with Crippen molar-refractivity contribution >= 4 is 22.6 Å². The van der Waals surface area contributed by atoms with E-state index in [0.29, 0.717) is 12.8 Å². The van der Waals surface area contributed by atoms with Gasteiger partial charge in [0.25, 0.3) is 5.67 Å². The van der Waals surface area contributed by atoms with E-state index >= 15 is 0 Å². The fourth-order valence-corrected chi connectivity index (χ4v) is 2.78. The fourth-order valence-electron chi connectivity index (χ4n) is 1.88. The highest BCUT2D eigenvalue weighted by Gasteiger charge is 2.73. The molecule has 0 fully saturated rings. The van der Waals surface area contributed by atoms with Crippen molar-refractivity contribution in [2.75, 3.05) is 0 Å². The summed E-state index contributed by atoms with van der Waals surface area (Å²) in [5, 5.41) is 0. The summed E-state index contributed by atoms with van der Waals surface area (Å²) in [5.41, 5.74) is -5.15. The summed E-state index contributed by atoms with van der Waals surface area (Å²) >= 11 is 1.49. The molecule has 0 aliphatic heterocycles. The van der Waals surface area contributed by atoms with E-state index in [1.165, 1.54) is 29.5 Å². The van der Waals surface area contributed by atoms with E-state index in [1.54, 1.807) is 0 Å². The van der Waals surface area contributed by atoms with E-state index in [9.17, 15) is 30.7 Å². The predicted molar refractivity (Wildman–Crippen MR) is 71.8 cm³/mol. The van der Waals surface area contributed by atoms with Crippen LogP contribution in [0.4, 0.5) is 30.7 Å². The minimum Gasteiger partial charge on any atom is -0.224 e. The van der Waals surface area contributed by atoms with Gasteiger partial charge in [-0.3, -0.25) is 0 Å². The lowest BCUT2D eigenvalue weighted by Gasteiger charge is -2.35. The van der Waals surface area contributed by atoms with Crippen LogP contribution in [0.25, 0.3) is 0 Å². The molecule has 0 aliphatic carbocycles. The standard InChI is InChI=1S/C12H18F7I/c1-3-4-5-6-7-9(2,20)8-10(13,11(14,15)16)12(17,18)19/h3-8H2,1-2H3. The summed E-state index contributed by atoms with van der Waals surface area (Å²) in [7, 11) is 0. The fraction of sp³-hybridized carbons (Fsp3) is 1.00. The zero-order chi connectivity index (χ0) is 16.2. The van der Waals surface area contributed by atoms with Crippen LogP contribution in [-0.2, 0) is 0 Å². The summed E-state index contributed by atoms with van der Waals surface area (Å²) in [6.07, 6.45) is -10.5. The van der Waals surface area contributed by atoms with Crippen molar-refractivity contribution in [3.8, 4) is 0 Å². The summed E-state index contributed by atoms with van der Waals surface area (Å²) < 4.78 is 87.1. The van der Waals surface area contributed by atoms with Crippen LogP contribution < -0.4 is 0 Å². The first-order valence-corrected chi connectivity index (χ1v) is 7.36. The van der Waals surface area contributed by atoms with Crippen LogP contribution in [-0.4, -0.2) is 21.4 Å². The van der Waals surface area contributed by atoms with Crippen LogP contribution in [0, 0.1) is 0 Å². The smallest absolute Gasteiger partial charge is 0.224 e. The molecule has 0 aromatic heterocycles. The average molecular weight is 422 g/mol. The Balaban J connectivity index is 4.91. The molecule has 0 saturated carbocycles. The second kappa shape index (κ2) is 7.00. The SMILES string of the molecule is CCCCCCC(C)(I)CC(F)(C(F)(F)F)C(F)(F)F. The zero-order valence-corrected chi connectivity index (χ0v) is 13.4. The second-order valence-electron chi connectivity index (χ2n) is 5.20. The van der Waals surface area contributed by atoms with Crippen molar-refractivity contribution in [2.45, 2.75) is 73.8 Å². The molecule has 8 heteroatoms. The molecule has 1 unspecified atom stereocenters. The maximum absolute atomic E-state index is 13.6. The first-order chi connectivity index (χ1) is 8.77. The van der Waals surface area contributed by atoms with Gasteiger partial charge in [-0.05, 0) is 6.42 Å². The Morgan fingerprint density at radius 1 is 0.800 bits per heavy atom. The van der Waals surface area contributed by atoms with Crippen molar-refractivity contribution in [1.82, 2.24) is 0 Å². The Kier molecular flexibility index (Phi) is 7.08.